The molecular formula is C14H14N2O3. The summed E-state index contributed by atoms with van der Waals surface area (Å²) in [6.45, 7) is 0.294. The van der Waals surface area contributed by atoms with Crippen molar-refractivity contribution in [1.29, 1.82) is 0 Å². The quantitative estimate of drug-likeness (QED) is 0.631. The number of rotatable bonds is 3. The van der Waals surface area contributed by atoms with Crippen LogP contribution in [0.2, 0.25) is 0 Å². The van der Waals surface area contributed by atoms with Gasteiger partial charge in [0.05, 0.1) is 5.56 Å². The highest BCUT2D eigenvalue weighted by Gasteiger charge is 2.13. The van der Waals surface area contributed by atoms with Crippen molar-refractivity contribution in [3.63, 3.8) is 0 Å². The Hall–Kier alpha value is -2.53. The van der Waals surface area contributed by atoms with Gasteiger partial charge < -0.3 is 21.3 Å². The van der Waals surface area contributed by atoms with Crippen molar-refractivity contribution in [2.45, 2.75) is 6.54 Å². The van der Waals surface area contributed by atoms with Gasteiger partial charge in [-0.25, -0.2) is 0 Å². The van der Waals surface area contributed by atoms with Gasteiger partial charge in [0.1, 0.15) is 11.5 Å². The van der Waals surface area contributed by atoms with Gasteiger partial charge in [0.25, 0.3) is 5.91 Å². The van der Waals surface area contributed by atoms with Gasteiger partial charge in [0.15, 0.2) is 0 Å². The standard InChI is InChI=1S/C14H14N2O3/c15-8-9-3-1-2-4-12(9)16-14(19)11-7-10(17)5-6-13(11)18/h1-7,17-18H,8,15H2,(H,16,19). The number of nitrogens with one attached hydrogen (secondary N) is 1. The van der Waals surface area contributed by atoms with E-state index in [2.05, 4.69) is 5.32 Å². The first-order chi connectivity index (χ1) is 9.11. The van der Waals surface area contributed by atoms with Gasteiger partial charge in [-0.1, -0.05) is 18.2 Å². The van der Waals surface area contributed by atoms with E-state index in [9.17, 15) is 15.0 Å². The third-order valence-electron chi connectivity index (χ3n) is 2.71. The van der Waals surface area contributed by atoms with E-state index in [0.717, 1.165) is 5.56 Å². The van der Waals surface area contributed by atoms with Crippen LogP contribution in [0.25, 0.3) is 0 Å². The molecule has 2 aromatic rings. The SMILES string of the molecule is NCc1ccccc1NC(=O)c1cc(O)ccc1O. The minimum atomic E-state index is -0.505. The van der Waals surface area contributed by atoms with Crippen LogP contribution in [0.1, 0.15) is 15.9 Å². The maximum atomic E-state index is 12.0. The first kappa shape index (κ1) is 12.9. The number of hydrogen-bond donors (Lipinski definition) is 4. The van der Waals surface area contributed by atoms with Gasteiger partial charge in [-0.3, -0.25) is 4.79 Å². The number of amides is 1. The molecule has 2 rings (SSSR count). The number of phenols is 2. The lowest BCUT2D eigenvalue weighted by Crippen LogP contribution is -2.14. The Balaban J connectivity index is 2.28. The lowest BCUT2D eigenvalue weighted by atomic mass is 10.1. The first-order valence-electron chi connectivity index (χ1n) is 5.73. The molecule has 0 fully saturated rings. The molecule has 0 heterocycles. The van der Waals surface area contributed by atoms with Crippen molar-refractivity contribution in [1.82, 2.24) is 0 Å². The Morgan fingerprint density at radius 2 is 1.89 bits per heavy atom. The van der Waals surface area contributed by atoms with Gasteiger partial charge in [-0.05, 0) is 29.8 Å². The van der Waals surface area contributed by atoms with E-state index in [1.165, 1.54) is 18.2 Å². The second-order valence-corrected chi connectivity index (χ2v) is 4.02. The summed E-state index contributed by atoms with van der Waals surface area (Å²) in [6.07, 6.45) is 0. The smallest absolute Gasteiger partial charge is 0.259 e. The van der Waals surface area contributed by atoms with Crippen LogP contribution in [0.3, 0.4) is 0 Å². The molecule has 5 heteroatoms. The lowest BCUT2D eigenvalue weighted by molar-refractivity contribution is 0.102. The van der Waals surface area contributed by atoms with Crippen molar-refractivity contribution < 1.29 is 15.0 Å². The topological polar surface area (TPSA) is 95.6 Å². The van der Waals surface area contributed by atoms with Gasteiger partial charge in [0.2, 0.25) is 0 Å². The molecular weight excluding hydrogens is 244 g/mol. The van der Waals surface area contributed by atoms with Crippen molar-refractivity contribution in [3.8, 4) is 11.5 Å². The third kappa shape index (κ3) is 2.83. The third-order valence-corrected chi connectivity index (χ3v) is 2.71. The highest BCUT2D eigenvalue weighted by molar-refractivity contribution is 6.06. The fourth-order valence-corrected chi connectivity index (χ4v) is 1.72. The van der Waals surface area contributed by atoms with E-state index < -0.39 is 5.91 Å². The van der Waals surface area contributed by atoms with Gasteiger partial charge >= 0.3 is 0 Å². The number of para-hydroxylation sites is 1. The molecule has 1 amide bonds. The van der Waals surface area contributed by atoms with Crippen LogP contribution >= 0.6 is 0 Å². The van der Waals surface area contributed by atoms with Crippen molar-refractivity contribution >= 4 is 11.6 Å². The first-order valence-corrected chi connectivity index (χ1v) is 5.73. The average molecular weight is 258 g/mol. The summed E-state index contributed by atoms with van der Waals surface area (Å²) in [5, 5.41) is 21.6. The van der Waals surface area contributed by atoms with Crippen LogP contribution in [0.15, 0.2) is 42.5 Å². The monoisotopic (exact) mass is 258 g/mol. The Morgan fingerprint density at radius 3 is 2.63 bits per heavy atom. The molecule has 0 saturated heterocycles. The zero-order chi connectivity index (χ0) is 13.8. The largest absolute Gasteiger partial charge is 0.508 e. The summed E-state index contributed by atoms with van der Waals surface area (Å²) in [5.41, 5.74) is 6.95. The molecule has 98 valence electrons. The highest BCUT2D eigenvalue weighted by atomic mass is 16.3. The number of benzene rings is 2. The number of phenolic OH excluding ortho intramolecular Hbond substituents is 2. The van der Waals surface area contributed by atoms with E-state index in [1.54, 1.807) is 18.2 Å². The van der Waals surface area contributed by atoms with E-state index >= 15 is 0 Å². The Labute approximate surface area is 110 Å². The predicted octanol–water partition coefficient (Wildman–Crippen LogP) is 1.81. The van der Waals surface area contributed by atoms with Crippen molar-refractivity contribution in [2.24, 2.45) is 5.73 Å². The van der Waals surface area contributed by atoms with Crippen LogP contribution in [0.4, 0.5) is 5.69 Å². The predicted molar refractivity (Wildman–Crippen MR) is 72.1 cm³/mol. The number of hydrogen-bond acceptors (Lipinski definition) is 4. The molecule has 0 aliphatic rings. The molecule has 2 aromatic carbocycles. The van der Waals surface area contributed by atoms with Crippen molar-refractivity contribution in [2.75, 3.05) is 5.32 Å². The van der Waals surface area contributed by atoms with Crippen LogP contribution in [0.5, 0.6) is 11.5 Å². The Bertz CT molecular complexity index is 611. The van der Waals surface area contributed by atoms with E-state index in [0.29, 0.717) is 12.2 Å². The lowest BCUT2D eigenvalue weighted by Gasteiger charge is -2.10. The molecule has 0 unspecified atom stereocenters. The summed E-state index contributed by atoms with van der Waals surface area (Å²) in [4.78, 5) is 12.0. The van der Waals surface area contributed by atoms with E-state index in [1.807, 2.05) is 6.07 Å². The number of aromatic hydroxyl groups is 2. The molecule has 5 N–H and O–H groups in total. The molecule has 0 bridgehead atoms. The number of nitrogens with two attached hydrogens (primary N) is 1. The number of anilines is 1. The second-order valence-electron chi connectivity index (χ2n) is 4.02. The number of carbonyl (C=O) groups is 1. The van der Waals surface area contributed by atoms with Crippen LogP contribution < -0.4 is 11.1 Å². The van der Waals surface area contributed by atoms with Gasteiger partial charge in [0, 0.05) is 12.2 Å². The minimum absolute atomic E-state index is 0.00632. The fourth-order valence-electron chi connectivity index (χ4n) is 1.72. The molecule has 0 aliphatic carbocycles. The molecule has 5 nitrogen and oxygen atoms in total. The van der Waals surface area contributed by atoms with E-state index in [-0.39, 0.29) is 17.1 Å². The van der Waals surface area contributed by atoms with Crippen LogP contribution in [-0.2, 0) is 6.54 Å². The average Bonchev–Trinajstić information content (AvgIpc) is 2.42. The zero-order valence-electron chi connectivity index (χ0n) is 10.1. The molecule has 19 heavy (non-hydrogen) atoms. The number of carbonyl (C=O) groups excluding carboxylic acids is 1. The summed E-state index contributed by atoms with van der Waals surface area (Å²) < 4.78 is 0. The molecule has 0 aromatic heterocycles. The molecule has 0 spiro atoms. The van der Waals surface area contributed by atoms with Gasteiger partial charge in [-0.2, -0.15) is 0 Å². The van der Waals surface area contributed by atoms with Crippen LogP contribution in [-0.4, -0.2) is 16.1 Å². The fraction of sp³-hybridized carbons (Fsp3) is 0.0714. The van der Waals surface area contributed by atoms with Crippen molar-refractivity contribution in [3.05, 3.63) is 53.6 Å². The Morgan fingerprint density at radius 1 is 1.16 bits per heavy atom. The molecule has 0 atom stereocenters. The minimum Gasteiger partial charge on any atom is -0.508 e. The normalized spacial score (nSPS) is 10.2. The summed E-state index contributed by atoms with van der Waals surface area (Å²) >= 11 is 0. The second kappa shape index (κ2) is 5.41. The maximum absolute atomic E-state index is 12.0. The van der Waals surface area contributed by atoms with Crippen LogP contribution in [0, 0.1) is 0 Å². The molecule has 0 saturated carbocycles. The Kier molecular flexibility index (Phi) is 3.68. The highest BCUT2D eigenvalue weighted by Crippen LogP contribution is 2.24. The summed E-state index contributed by atoms with van der Waals surface area (Å²) in [6, 6.07) is 10.9. The van der Waals surface area contributed by atoms with E-state index in [4.69, 9.17) is 5.73 Å². The summed E-state index contributed by atoms with van der Waals surface area (Å²) in [5.74, 6) is -0.787. The maximum Gasteiger partial charge on any atom is 0.259 e. The molecule has 0 aliphatic heterocycles. The van der Waals surface area contributed by atoms with Gasteiger partial charge in [-0.15, -0.1) is 0 Å². The summed E-state index contributed by atoms with van der Waals surface area (Å²) in [7, 11) is 0. The molecule has 0 radical (unpaired) electrons. The zero-order valence-corrected chi connectivity index (χ0v) is 10.1.